The van der Waals surface area contributed by atoms with Gasteiger partial charge in [-0.05, 0) is 66.6 Å². The molecule has 0 fully saturated rings. The third kappa shape index (κ3) is 4.28. The molecule has 0 atom stereocenters. The van der Waals surface area contributed by atoms with Gasteiger partial charge in [0.25, 0.3) is 0 Å². The molecule has 0 amide bonds. The Morgan fingerprint density at radius 1 is 0.946 bits per heavy atom. The number of pyridine rings is 1. The number of aromatic nitrogens is 1. The molecule has 2 aromatic carbocycles. The van der Waals surface area contributed by atoms with Gasteiger partial charge < -0.3 is 14.5 Å². The van der Waals surface area contributed by atoms with Crippen molar-refractivity contribution in [1.29, 1.82) is 0 Å². The zero-order valence-electron chi connectivity index (χ0n) is 22.1. The minimum Gasteiger partial charge on any atom is -0.447 e. The average Bonchev–Trinajstić information content (AvgIpc) is 3.57. The quantitative estimate of drug-likeness (QED) is 0.234. The van der Waals surface area contributed by atoms with E-state index in [1.54, 1.807) is 22.7 Å². The lowest BCUT2D eigenvalue weighted by atomic mass is 9.87. The van der Waals surface area contributed by atoms with Crippen molar-refractivity contribution >= 4 is 48.5 Å². The van der Waals surface area contributed by atoms with Gasteiger partial charge in [0.1, 0.15) is 5.75 Å². The van der Waals surface area contributed by atoms with E-state index in [1.807, 2.05) is 12.3 Å². The van der Waals surface area contributed by atoms with Gasteiger partial charge >= 0.3 is 0 Å². The number of benzene rings is 2. The predicted molar refractivity (Wildman–Crippen MR) is 159 cm³/mol. The minimum absolute atomic E-state index is 0.0635. The molecule has 0 saturated carbocycles. The van der Waals surface area contributed by atoms with Crippen LogP contribution in [0.3, 0.4) is 0 Å². The molecule has 0 spiro atoms. The van der Waals surface area contributed by atoms with Crippen molar-refractivity contribution in [2.24, 2.45) is 0 Å². The molecule has 1 aliphatic rings. The fourth-order valence-corrected chi connectivity index (χ4v) is 6.89. The van der Waals surface area contributed by atoms with E-state index in [-0.39, 0.29) is 5.41 Å². The van der Waals surface area contributed by atoms with Crippen molar-refractivity contribution in [3.8, 4) is 22.1 Å². The van der Waals surface area contributed by atoms with Gasteiger partial charge in [-0.3, -0.25) is 4.98 Å². The van der Waals surface area contributed by atoms with Crippen molar-refractivity contribution in [1.82, 2.24) is 9.88 Å². The van der Waals surface area contributed by atoms with Crippen molar-refractivity contribution in [2.45, 2.75) is 40.0 Å². The Bertz CT molecular complexity index is 1670. The van der Waals surface area contributed by atoms with Gasteiger partial charge in [0.15, 0.2) is 5.06 Å². The number of fused-ring (bicyclic) bond motifs is 3. The number of ether oxygens (including phenoxy) is 1. The van der Waals surface area contributed by atoms with Gasteiger partial charge in [-0.1, -0.05) is 38.2 Å². The molecule has 3 aromatic heterocycles. The van der Waals surface area contributed by atoms with Crippen LogP contribution in [0, 0.1) is 0 Å². The molecular weight excluding hydrogens is 494 g/mol. The number of hydrogen-bond acceptors (Lipinski definition) is 6. The SMILES string of the molecule is CC1=C(C)N(c2cccc(Oc3cc4c(-c5cc(C(C)(C)C)ccn5)cc5sccc5c4s3)c2)CN1C. The largest absolute Gasteiger partial charge is 0.447 e. The lowest BCUT2D eigenvalue weighted by molar-refractivity contribution is 0.459. The molecule has 0 bridgehead atoms. The maximum absolute atomic E-state index is 6.49. The van der Waals surface area contributed by atoms with Gasteiger partial charge in [-0.2, -0.15) is 0 Å². The molecule has 4 heterocycles. The van der Waals surface area contributed by atoms with E-state index in [4.69, 9.17) is 9.72 Å². The van der Waals surface area contributed by atoms with Gasteiger partial charge in [-0.15, -0.1) is 11.3 Å². The van der Waals surface area contributed by atoms with E-state index >= 15 is 0 Å². The summed E-state index contributed by atoms with van der Waals surface area (Å²) in [6, 6.07) is 19.4. The van der Waals surface area contributed by atoms with E-state index in [0.29, 0.717) is 0 Å². The van der Waals surface area contributed by atoms with Crippen LogP contribution in [0.2, 0.25) is 0 Å². The van der Waals surface area contributed by atoms with Crippen molar-refractivity contribution in [3.63, 3.8) is 0 Å². The molecule has 1 aliphatic heterocycles. The second-order valence-electron chi connectivity index (χ2n) is 10.8. The van der Waals surface area contributed by atoms with Crippen molar-refractivity contribution in [3.05, 3.63) is 83.1 Å². The molecule has 0 aliphatic carbocycles. The summed E-state index contributed by atoms with van der Waals surface area (Å²) >= 11 is 3.48. The first-order valence-electron chi connectivity index (χ1n) is 12.5. The van der Waals surface area contributed by atoms with E-state index in [2.05, 4.69) is 105 Å². The molecule has 6 heteroatoms. The topological polar surface area (TPSA) is 28.6 Å². The van der Waals surface area contributed by atoms with E-state index in [1.165, 1.54) is 37.1 Å². The Morgan fingerprint density at radius 2 is 1.78 bits per heavy atom. The summed E-state index contributed by atoms with van der Waals surface area (Å²) in [6.07, 6.45) is 1.93. The molecule has 6 rings (SSSR count). The summed E-state index contributed by atoms with van der Waals surface area (Å²) in [4.78, 5) is 9.38. The summed E-state index contributed by atoms with van der Waals surface area (Å²) in [5.41, 5.74) is 7.23. The highest BCUT2D eigenvalue weighted by Gasteiger charge is 2.22. The summed E-state index contributed by atoms with van der Waals surface area (Å²) in [5.74, 6) is 0.847. The van der Waals surface area contributed by atoms with Gasteiger partial charge in [-0.25, -0.2) is 0 Å². The number of rotatable bonds is 4. The third-order valence-corrected chi connectivity index (χ3v) is 9.23. The standard InChI is InChI=1S/C31H31N3OS2/c1-19-20(2)34(18-33(19)6)22-8-7-9-23(15-22)35-29-17-26-25(16-28-24(11-13-36-28)30(26)37-29)27-14-21(10-12-32-27)31(3,4)5/h7-17H,18H2,1-6H3. The first-order valence-corrected chi connectivity index (χ1v) is 14.2. The third-order valence-electron chi connectivity index (χ3n) is 7.32. The minimum atomic E-state index is 0.0635. The van der Waals surface area contributed by atoms with E-state index < -0.39 is 0 Å². The Balaban J connectivity index is 1.41. The molecule has 5 aromatic rings. The number of hydrogen-bond donors (Lipinski definition) is 0. The second kappa shape index (κ2) is 8.89. The maximum Gasteiger partial charge on any atom is 0.182 e. The van der Waals surface area contributed by atoms with Crippen LogP contribution in [0.5, 0.6) is 10.8 Å². The van der Waals surface area contributed by atoms with Crippen LogP contribution in [-0.4, -0.2) is 23.6 Å². The molecule has 4 nitrogen and oxygen atoms in total. The summed E-state index contributed by atoms with van der Waals surface area (Å²) < 4.78 is 9.02. The first-order chi connectivity index (χ1) is 17.7. The predicted octanol–water partition coefficient (Wildman–Crippen LogP) is 9.23. The zero-order valence-corrected chi connectivity index (χ0v) is 23.8. The molecule has 0 radical (unpaired) electrons. The fraction of sp³-hybridized carbons (Fsp3) is 0.258. The highest BCUT2D eigenvalue weighted by Crippen LogP contribution is 2.45. The highest BCUT2D eigenvalue weighted by atomic mass is 32.1. The molecule has 0 unspecified atom stereocenters. The number of thiophene rings is 2. The Morgan fingerprint density at radius 3 is 2.54 bits per heavy atom. The summed E-state index contributed by atoms with van der Waals surface area (Å²) in [7, 11) is 2.13. The Labute approximate surface area is 226 Å². The van der Waals surface area contributed by atoms with E-state index in [9.17, 15) is 0 Å². The van der Waals surface area contributed by atoms with Crippen LogP contribution >= 0.6 is 22.7 Å². The normalized spacial score (nSPS) is 14.4. The van der Waals surface area contributed by atoms with Crippen molar-refractivity contribution < 1.29 is 4.74 Å². The zero-order chi connectivity index (χ0) is 25.9. The molecule has 37 heavy (non-hydrogen) atoms. The highest BCUT2D eigenvalue weighted by molar-refractivity contribution is 7.23. The second-order valence-corrected chi connectivity index (χ2v) is 12.7. The Hall–Kier alpha value is -3.35. The maximum atomic E-state index is 6.49. The van der Waals surface area contributed by atoms with Gasteiger partial charge in [0.05, 0.1) is 12.4 Å². The molecule has 0 saturated heterocycles. The summed E-state index contributed by atoms with van der Waals surface area (Å²) in [6.45, 7) is 11.9. The lowest BCUT2D eigenvalue weighted by Crippen LogP contribution is -2.24. The monoisotopic (exact) mass is 525 g/mol. The molecular formula is C31H31N3OS2. The summed E-state index contributed by atoms with van der Waals surface area (Å²) in [5, 5.41) is 5.53. The van der Waals surface area contributed by atoms with E-state index in [0.717, 1.165) is 34.4 Å². The molecule has 188 valence electrons. The number of nitrogens with zero attached hydrogens (tertiary/aromatic N) is 3. The number of anilines is 1. The molecule has 0 N–H and O–H groups in total. The van der Waals surface area contributed by atoms with Gasteiger partial charge in [0.2, 0.25) is 0 Å². The average molecular weight is 526 g/mol. The Kier molecular flexibility index (Phi) is 5.77. The van der Waals surface area contributed by atoms with Gasteiger partial charge in [0, 0.05) is 68.2 Å². The first kappa shape index (κ1) is 24.0. The van der Waals surface area contributed by atoms with Crippen LogP contribution in [0.25, 0.3) is 31.4 Å². The van der Waals surface area contributed by atoms with Crippen LogP contribution in [0.4, 0.5) is 5.69 Å². The number of allylic oxidation sites excluding steroid dienone is 2. The van der Waals surface area contributed by atoms with Crippen LogP contribution < -0.4 is 9.64 Å². The fourth-order valence-electron chi connectivity index (χ4n) is 4.91. The lowest BCUT2D eigenvalue weighted by Gasteiger charge is -2.21. The van der Waals surface area contributed by atoms with Crippen LogP contribution in [-0.2, 0) is 5.41 Å². The van der Waals surface area contributed by atoms with Crippen LogP contribution in [0.15, 0.2) is 77.6 Å². The van der Waals surface area contributed by atoms with Crippen LogP contribution in [0.1, 0.15) is 40.2 Å². The smallest absolute Gasteiger partial charge is 0.182 e. The van der Waals surface area contributed by atoms with Crippen molar-refractivity contribution in [2.75, 3.05) is 18.6 Å².